The van der Waals surface area contributed by atoms with Crippen LogP contribution in [0.25, 0.3) is 10.9 Å². The van der Waals surface area contributed by atoms with Crippen molar-refractivity contribution in [2.24, 2.45) is 0 Å². The fourth-order valence-corrected chi connectivity index (χ4v) is 2.99. The predicted molar refractivity (Wildman–Crippen MR) is 95.2 cm³/mol. The summed E-state index contributed by atoms with van der Waals surface area (Å²) in [6.07, 6.45) is 6.05. The second kappa shape index (κ2) is 7.16. The normalized spacial score (nSPS) is 14.9. The van der Waals surface area contributed by atoms with Crippen LogP contribution in [0.3, 0.4) is 0 Å². The van der Waals surface area contributed by atoms with Crippen LogP contribution >= 0.6 is 0 Å². The molecule has 3 rings (SSSR count). The number of hydrogen-bond donors (Lipinski definition) is 0. The molecule has 0 radical (unpaired) electrons. The topological polar surface area (TPSA) is 86.3 Å². The molecule has 126 valence electrons. The molecule has 1 aromatic carbocycles. The van der Waals surface area contributed by atoms with Crippen molar-refractivity contribution in [2.45, 2.75) is 6.42 Å². The first-order valence-corrected chi connectivity index (χ1v) is 8.02. The molecule has 25 heavy (non-hydrogen) atoms. The number of benzene rings is 1. The van der Waals surface area contributed by atoms with E-state index in [-0.39, 0.29) is 5.69 Å². The van der Waals surface area contributed by atoms with Crippen molar-refractivity contribution in [3.63, 3.8) is 0 Å². The van der Waals surface area contributed by atoms with E-state index in [2.05, 4.69) is 26.8 Å². The Labute approximate surface area is 145 Å². The number of nitro groups is 1. The highest BCUT2D eigenvalue weighted by Crippen LogP contribution is 2.26. The van der Waals surface area contributed by atoms with Crippen LogP contribution in [0.1, 0.15) is 12.0 Å². The van der Waals surface area contributed by atoms with Gasteiger partial charge in [-0.15, -0.1) is 12.3 Å². The van der Waals surface area contributed by atoms with Crippen LogP contribution in [0.15, 0.2) is 24.3 Å². The molecule has 1 fully saturated rings. The SMILES string of the molecule is C#CCCN1CCN(c2cc(C#N)c3cc([N+](=O)[O-])ccc3n2)CC1. The van der Waals surface area contributed by atoms with E-state index in [9.17, 15) is 15.4 Å². The van der Waals surface area contributed by atoms with E-state index >= 15 is 0 Å². The number of nitrogens with zero attached hydrogens (tertiary/aromatic N) is 5. The second-order valence-electron chi connectivity index (χ2n) is 5.88. The summed E-state index contributed by atoms with van der Waals surface area (Å²) in [7, 11) is 0. The number of fused-ring (bicyclic) bond motifs is 1. The molecule has 2 aromatic rings. The fourth-order valence-electron chi connectivity index (χ4n) is 2.99. The molecule has 7 nitrogen and oxygen atoms in total. The largest absolute Gasteiger partial charge is 0.354 e. The van der Waals surface area contributed by atoms with Gasteiger partial charge in [0.1, 0.15) is 5.82 Å². The van der Waals surface area contributed by atoms with Crippen LogP contribution in [0.4, 0.5) is 11.5 Å². The van der Waals surface area contributed by atoms with Crippen molar-refractivity contribution in [2.75, 3.05) is 37.6 Å². The highest BCUT2D eigenvalue weighted by Gasteiger charge is 2.19. The summed E-state index contributed by atoms with van der Waals surface area (Å²) in [4.78, 5) is 19.5. The third-order valence-corrected chi connectivity index (χ3v) is 4.38. The summed E-state index contributed by atoms with van der Waals surface area (Å²) in [6, 6.07) is 8.26. The van der Waals surface area contributed by atoms with Crippen molar-refractivity contribution in [1.82, 2.24) is 9.88 Å². The lowest BCUT2D eigenvalue weighted by Gasteiger charge is -2.35. The van der Waals surface area contributed by atoms with E-state index in [1.807, 2.05) is 0 Å². The van der Waals surface area contributed by atoms with E-state index in [4.69, 9.17) is 6.42 Å². The van der Waals surface area contributed by atoms with Crippen molar-refractivity contribution in [3.8, 4) is 18.4 Å². The molecular weight excluding hydrogens is 318 g/mol. The van der Waals surface area contributed by atoms with Gasteiger partial charge in [-0.3, -0.25) is 15.0 Å². The fraction of sp³-hybridized carbons (Fsp3) is 0.333. The number of pyridine rings is 1. The minimum absolute atomic E-state index is 0.0410. The molecule has 0 amide bonds. The summed E-state index contributed by atoms with van der Waals surface area (Å²) in [5, 5.41) is 20.9. The van der Waals surface area contributed by atoms with Gasteiger partial charge in [0.25, 0.3) is 5.69 Å². The van der Waals surface area contributed by atoms with Crippen molar-refractivity contribution in [1.29, 1.82) is 5.26 Å². The number of nitriles is 1. The molecule has 0 N–H and O–H groups in total. The lowest BCUT2D eigenvalue weighted by Crippen LogP contribution is -2.46. The maximum absolute atomic E-state index is 10.9. The zero-order chi connectivity index (χ0) is 17.8. The Morgan fingerprint density at radius 1 is 1.28 bits per heavy atom. The number of nitro benzene ring substituents is 1. The highest BCUT2D eigenvalue weighted by molar-refractivity contribution is 5.88. The molecule has 0 unspecified atom stereocenters. The monoisotopic (exact) mass is 335 g/mol. The predicted octanol–water partition coefficient (Wildman–Crippen LogP) is 2.16. The Balaban J connectivity index is 1.86. The Morgan fingerprint density at radius 3 is 2.68 bits per heavy atom. The zero-order valence-electron chi connectivity index (χ0n) is 13.7. The summed E-state index contributed by atoms with van der Waals surface area (Å²) in [6.45, 7) is 4.29. The number of anilines is 1. The molecule has 0 bridgehead atoms. The van der Waals surface area contributed by atoms with Crippen LogP contribution in [0.5, 0.6) is 0 Å². The Hall–Kier alpha value is -3.16. The minimum atomic E-state index is -0.468. The average molecular weight is 335 g/mol. The van der Waals surface area contributed by atoms with Gasteiger partial charge in [-0.1, -0.05) is 0 Å². The first-order valence-electron chi connectivity index (χ1n) is 8.02. The summed E-state index contributed by atoms with van der Waals surface area (Å²) in [5.41, 5.74) is 0.952. The Kier molecular flexibility index (Phi) is 4.78. The lowest BCUT2D eigenvalue weighted by atomic mass is 10.1. The Morgan fingerprint density at radius 2 is 2.04 bits per heavy atom. The molecule has 1 saturated heterocycles. The minimum Gasteiger partial charge on any atom is -0.354 e. The van der Waals surface area contributed by atoms with Gasteiger partial charge in [0.2, 0.25) is 0 Å². The maximum atomic E-state index is 10.9. The lowest BCUT2D eigenvalue weighted by molar-refractivity contribution is -0.384. The molecular formula is C18H17N5O2. The van der Waals surface area contributed by atoms with Gasteiger partial charge in [-0.05, 0) is 12.1 Å². The number of hydrogen-bond acceptors (Lipinski definition) is 6. The number of non-ortho nitro benzene ring substituents is 1. The van der Waals surface area contributed by atoms with Gasteiger partial charge < -0.3 is 4.90 Å². The molecule has 1 aliphatic heterocycles. The van der Waals surface area contributed by atoms with Gasteiger partial charge in [0, 0.05) is 56.7 Å². The summed E-state index contributed by atoms with van der Waals surface area (Å²) in [5.74, 6) is 3.38. The van der Waals surface area contributed by atoms with Crippen LogP contribution in [-0.4, -0.2) is 47.5 Å². The standard InChI is InChI=1S/C18H17N5O2/c1-2-3-6-21-7-9-22(10-8-21)18-11-14(13-19)16-12-15(23(24)25)4-5-17(16)20-18/h1,4-5,11-12H,3,6-10H2. The van der Waals surface area contributed by atoms with Crippen molar-refractivity contribution < 1.29 is 4.92 Å². The van der Waals surface area contributed by atoms with E-state index in [0.717, 1.165) is 45.0 Å². The zero-order valence-corrected chi connectivity index (χ0v) is 13.7. The average Bonchev–Trinajstić information content (AvgIpc) is 2.65. The van der Waals surface area contributed by atoms with E-state index in [1.165, 1.54) is 12.1 Å². The van der Waals surface area contributed by atoms with Crippen LogP contribution in [-0.2, 0) is 0 Å². The number of piperazine rings is 1. The molecule has 2 heterocycles. The van der Waals surface area contributed by atoms with Crippen LogP contribution in [0, 0.1) is 33.8 Å². The molecule has 0 spiro atoms. The first-order chi connectivity index (χ1) is 12.1. The Bertz CT molecular complexity index is 889. The van der Waals surface area contributed by atoms with Gasteiger partial charge >= 0.3 is 0 Å². The maximum Gasteiger partial charge on any atom is 0.270 e. The quantitative estimate of drug-likeness (QED) is 0.483. The third kappa shape index (κ3) is 3.52. The van der Waals surface area contributed by atoms with Crippen molar-refractivity contribution in [3.05, 3.63) is 39.9 Å². The first kappa shape index (κ1) is 16.7. The number of rotatable bonds is 4. The van der Waals surface area contributed by atoms with E-state index < -0.39 is 4.92 Å². The van der Waals surface area contributed by atoms with Gasteiger partial charge in [-0.2, -0.15) is 5.26 Å². The third-order valence-electron chi connectivity index (χ3n) is 4.38. The summed E-state index contributed by atoms with van der Waals surface area (Å²) < 4.78 is 0. The summed E-state index contributed by atoms with van der Waals surface area (Å²) >= 11 is 0. The molecule has 1 aliphatic rings. The number of terminal acetylenes is 1. The van der Waals surface area contributed by atoms with Crippen molar-refractivity contribution >= 4 is 22.4 Å². The molecule has 1 aromatic heterocycles. The van der Waals surface area contributed by atoms with Crippen LogP contribution in [0.2, 0.25) is 0 Å². The second-order valence-corrected chi connectivity index (χ2v) is 5.88. The molecule has 0 atom stereocenters. The van der Waals surface area contributed by atoms with E-state index in [0.29, 0.717) is 16.5 Å². The molecule has 0 saturated carbocycles. The van der Waals surface area contributed by atoms with Crippen LogP contribution < -0.4 is 4.90 Å². The molecule has 0 aliphatic carbocycles. The highest BCUT2D eigenvalue weighted by atomic mass is 16.6. The van der Waals surface area contributed by atoms with Gasteiger partial charge in [0.05, 0.1) is 22.1 Å². The van der Waals surface area contributed by atoms with Gasteiger partial charge in [-0.25, -0.2) is 4.98 Å². The van der Waals surface area contributed by atoms with Gasteiger partial charge in [0.15, 0.2) is 0 Å². The number of aromatic nitrogens is 1. The smallest absolute Gasteiger partial charge is 0.270 e. The molecule has 7 heteroatoms. The van der Waals surface area contributed by atoms with E-state index in [1.54, 1.807) is 12.1 Å².